The highest BCUT2D eigenvalue weighted by atomic mass is 16.6. The summed E-state index contributed by atoms with van der Waals surface area (Å²) in [5.74, 6) is -0.187. The van der Waals surface area contributed by atoms with Gasteiger partial charge in [-0.3, -0.25) is 0 Å². The summed E-state index contributed by atoms with van der Waals surface area (Å²) in [4.78, 5) is 22.1. The Morgan fingerprint density at radius 2 is 1.86 bits per heavy atom. The Morgan fingerprint density at radius 3 is 2.43 bits per heavy atom. The van der Waals surface area contributed by atoms with Crippen LogP contribution in [0.2, 0.25) is 0 Å². The number of carbonyl (C=O) groups excluding carboxylic acids is 2. The molecule has 0 aliphatic heterocycles. The van der Waals surface area contributed by atoms with Gasteiger partial charge in [0, 0.05) is 11.6 Å². The lowest BCUT2D eigenvalue weighted by Crippen LogP contribution is -2.12. The fourth-order valence-corrected chi connectivity index (χ4v) is 1.32. The zero-order chi connectivity index (χ0) is 15.7. The Kier molecular flexibility index (Phi) is 6.74. The first-order chi connectivity index (χ1) is 10.0. The molecule has 1 rings (SSSR count). The summed E-state index contributed by atoms with van der Waals surface area (Å²) < 4.78 is 14.8. The van der Waals surface area contributed by atoms with E-state index < -0.39 is 11.9 Å². The highest BCUT2D eigenvalue weighted by molar-refractivity contribution is 5.87. The zero-order valence-corrected chi connectivity index (χ0v) is 12.1. The molecule has 0 heterocycles. The largest absolute Gasteiger partial charge is 0.490 e. The first-order valence-corrected chi connectivity index (χ1v) is 6.34. The topological polar surface area (TPSA) is 61.8 Å². The molecule has 0 spiro atoms. The van der Waals surface area contributed by atoms with Crippen LogP contribution in [-0.4, -0.2) is 32.3 Å². The predicted molar refractivity (Wildman–Crippen MR) is 78.8 cm³/mol. The monoisotopic (exact) mass is 290 g/mol. The van der Waals surface area contributed by atoms with Crippen LogP contribution in [0.4, 0.5) is 0 Å². The summed E-state index contributed by atoms with van der Waals surface area (Å²) in [6, 6.07) is 7.12. The molecule has 0 amide bonds. The van der Waals surface area contributed by atoms with Gasteiger partial charge in [-0.25, -0.2) is 9.59 Å². The molecule has 5 heteroatoms. The molecule has 0 radical (unpaired) electrons. The maximum Gasteiger partial charge on any atom is 0.333 e. The van der Waals surface area contributed by atoms with Crippen LogP contribution < -0.4 is 4.74 Å². The summed E-state index contributed by atoms with van der Waals surface area (Å²) >= 11 is 0. The first-order valence-electron chi connectivity index (χ1n) is 6.34. The summed E-state index contributed by atoms with van der Waals surface area (Å²) in [6.45, 7) is 5.49. The zero-order valence-electron chi connectivity index (χ0n) is 12.1. The lowest BCUT2D eigenvalue weighted by Gasteiger charge is -2.07. The molecule has 0 aliphatic carbocycles. The van der Waals surface area contributed by atoms with Crippen molar-refractivity contribution >= 4 is 18.0 Å². The minimum absolute atomic E-state index is 0.162. The van der Waals surface area contributed by atoms with Gasteiger partial charge in [-0.05, 0) is 30.7 Å². The van der Waals surface area contributed by atoms with E-state index in [-0.39, 0.29) is 13.2 Å². The van der Waals surface area contributed by atoms with Crippen molar-refractivity contribution in [1.82, 2.24) is 0 Å². The molecular weight excluding hydrogens is 272 g/mol. The van der Waals surface area contributed by atoms with Gasteiger partial charge in [0.1, 0.15) is 19.0 Å². The number of rotatable bonds is 7. The van der Waals surface area contributed by atoms with Crippen molar-refractivity contribution < 1.29 is 23.8 Å². The molecule has 0 unspecified atom stereocenters. The Morgan fingerprint density at radius 1 is 1.19 bits per heavy atom. The highest BCUT2D eigenvalue weighted by Gasteiger charge is 2.02. The van der Waals surface area contributed by atoms with E-state index in [0.29, 0.717) is 11.3 Å². The summed E-state index contributed by atoms with van der Waals surface area (Å²) in [5, 5.41) is 0. The molecule has 112 valence electrons. The SMILES string of the molecule is C=C(C)C(=O)OCCOc1ccc(/C=C\C(=O)OC)cc1. The minimum atomic E-state index is -0.429. The van der Waals surface area contributed by atoms with Crippen molar-refractivity contribution in [1.29, 1.82) is 0 Å². The normalized spacial score (nSPS) is 10.2. The average molecular weight is 290 g/mol. The third-order valence-corrected chi connectivity index (χ3v) is 2.43. The molecule has 1 aromatic carbocycles. The Hall–Kier alpha value is -2.56. The van der Waals surface area contributed by atoms with Crippen molar-refractivity contribution in [2.45, 2.75) is 6.92 Å². The maximum atomic E-state index is 11.1. The summed E-state index contributed by atoms with van der Waals surface area (Å²) in [5.41, 5.74) is 1.21. The van der Waals surface area contributed by atoms with Gasteiger partial charge in [-0.2, -0.15) is 0 Å². The van der Waals surface area contributed by atoms with Crippen LogP contribution in [0, 0.1) is 0 Å². The fraction of sp³-hybridized carbons (Fsp3) is 0.250. The van der Waals surface area contributed by atoms with Gasteiger partial charge >= 0.3 is 11.9 Å². The number of methoxy groups -OCH3 is 1. The quantitative estimate of drug-likeness (QED) is 0.438. The predicted octanol–water partition coefficient (Wildman–Crippen LogP) is 2.37. The smallest absolute Gasteiger partial charge is 0.333 e. The molecule has 0 N–H and O–H groups in total. The van der Waals surface area contributed by atoms with Crippen molar-refractivity contribution in [3.05, 3.63) is 48.1 Å². The van der Waals surface area contributed by atoms with Crippen LogP contribution in [-0.2, 0) is 19.1 Å². The molecule has 0 saturated heterocycles. The van der Waals surface area contributed by atoms with Gasteiger partial charge in [0.05, 0.1) is 7.11 Å². The van der Waals surface area contributed by atoms with E-state index in [1.54, 1.807) is 37.3 Å². The Bertz CT molecular complexity index is 528. The molecular formula is C16H18O5. The Labute approximate surface area is 123 Å². The molecule has 1 aromatic rings. The second kappa shape index (κ2) is 8.58. The van der Waals surface area contributed by atoms with Gasteiger partial charge in [0.25, 0.3) is 0 Å². The van der Waals surface area contributed by atoms with E-state index in [1.807, 2.05) is 0 Å². The van der Waals surface area contributed by atoms with E-state index >= 15 is 0 Å². The van der Waals surface area contributed by atoms with Gasteiger partial charge < -0.3 is 14.2 Å². The number of hydrogen-bond acceptors (Lipinski definition) is 5. The first kappa shape index (κ1) is 16.5. The standard InChI is InChI=1S/C16H18O5/c1-12(2)16(18)21-11-10-20-14-7-4-13(5-8-14)6-9-15(17)19-3/h4-9H,1,10-11H2,2-3H3/b9-6-. The number of hydrogen-bond donors (Lipinski definition) is 0. The van der Waals surface area contributed by atoms with E-state index in [4.69, 9.17) is 9.47 Å². The van der Waals surface area contributed by atoms with E-state index in [2.05, 4.69) is 11.3 Å². The molecule has 0 aromatic heterocycles. The molecule has 21 heavy (non-hydrogen) atoms. The van der Waals surface area contributed by atoms with Gasteiger partial charge in [0.15, 0.2) is 0 Å². The van der Waals surface area contributed by atoms with Crippen molar-refractivity contribution in [3.8, 4) is 5.75 Å². The third kappa shape index (κ3) is 6.42. The number of ether oxygens (including phenoxy) is 3. The van der Waals surface area contributed by atoms with E-state index in [0.717, 1.165) is 5.56 Å². The second-order valence-electron chi connectivity index (χ2n) is 4.19. The molecule has 0 atom stereocenters. The van der Waals surface area contributed by atoms with Crippen molar-refractivity contribution in [3.63, 3.8) is 0 Å². The van der Waals surface area contributed by atoms with Crippen molar-refractivity contribution in [2.75, 3.05) is 20.3 Å². The summed E-state index contributed by atoms with van der Waals surface area (Å²) in [6.07, 6.45) is 2.98. The fourth-order valence-electron chi connectivity index (χ4n) is 1.32. The van der Waals surface area contributed by atoms with E-state index in [1.165, 1.54) is 13.2 Å². The Balaban J connectivity index is 2.38. The lowest BCUT2D eigenvalue weighted by molar-refractivity contribution is -0.139. The number of benzene rings is 1. The average Bonchev–Trinajstić information content (AvgIpc) is 2.49. The van der Waals surface area contributed by atoms with Gasteiger partial charge in [0.2, 0.25) is 0 Å². The van der Waals surface area contributed by atoms with Crippen molar-refractivity contribution in [2.24, 2.45) is 0 Å². The van der Waals surface area contributed by atoms with Crippen LogP contribution in [0.15, 0.2) is 42.5 Å². The lowest BCUT2D eigenvalue weighted by atomic mass is 10.2. The van der Waals surface area contributed by atoms with Gasteiger partial charge in [-0.15, -0.1) is 0 Å². The van der Waals surface area contributed by atoms with Crippen LogP contribution in [0.5, 0.6) is 5.75 Å². The van der Waals surface area contributed by atoms with Crippen LogP contribution in [0.3, 0.4) is 0 Å². The number of esters is 2. The molecule has 5 nitrogen and oxygen atoms in total. The van der Waals surface area contributed by atoms with E-state index in [9.17, 15) is 9.59 Å². The van der Waals surface area contributed by atoms with Crippen LogP contribution in [0.25, 0.3) is 6.08 Å². The third-order valence-electron chi connectivity index (χ3n) is 2.43. The summed E-state index contributed by atoms with van der Waals surface area (Å²) in [7, 11) is 1.32. The van der Waals surface area contributed by atoms with Crippen LogP contribution >= 0.6 is 0 Å². The van der Waals surface area contributed by atoms with Gasteiger partial charge in [-0.1, -0.05) is 18.7 Å². The van der Waals surface area contributed by atoms with Crippen LogP contribution in [0.1, 0.15) is 12.5 Å². The molecule has 0 aliphatic rings. The highest BCUT2D eigenvalue weighted by Crippen LogP contribution is 2.13. The number of carbonyl (C=O) groups is 2. The molecule has 0 bridgehead atoms. The molecule has 0 saturated carbocycles. The maximum absolute atomic E-state index is 11.1. The molecule has 0 fully saturated rings. The second-order valence-corrected chi connectivity index (χ2v) is 4.19. The minimum Gasteiger partial charge on any atom is -0.490 e.